The van der Waals surface area contributed by atoms with E-state index in [1.807, 2.05) is 0 Å². The molecule has 0 bridgehead atoms. The van der Waals surface area contributed by atoms with Gasteiger partial charge in [-0.1, -0.05) is 0 Å². The molecule has 0 aliphatic carbocycles. The van der Waals surface area contributed by atoms with Crippen molar-refractivity contribution in [2.24, 2.45) is 0 Å². The molecule has 1 aliphatic heterocycles. The number of nitrogens with one attached hydrogen (secondary N) is 1. The van der Waals surface area contributed by atoms with E-state index in [0.717, 1.165) is 10.7 Å². The number of piperidine rings is 1. The average molecular weight is 259 g/mol. The third-order valence-corrected chi connectivity index (χ3v) is 4.69. The zero-order valence-electron chi connectivity index (χ0n) is 9.04. The van der Waals surface area contributed by atoms with Gasteiger partial charge in [0.25, 0.3) is 0 Å². The molecule has 94 valence electrons. The predicted molar refractivity (Wildman–Crippen MR) is 57.8 cm³/mol. The molecule has 0 amide bonds. The van der Waals surface area contributed by atoms with Gasteiger partial charge in [-0.15, -0.1) is 0 Å². The lowest BCUT2D eigenvalue weighted by Crippen LogP contribution is -2.47. The zero-order valence-corrected chi connectivity index (χ0v) is 9.85. The maximum Gasteiger partial charge on any atom is 0.322 e. The standard InChI is InChI=1S/C9H13N3O4S/c13-9(14)8-3-1-2-4-12(8)17(15,16)7-5-10-11-6-7/h5-6,8H,1-4H2,(H,10,11)(H,13,14)/t8-/m1/s1. The number of H-pyrrole nitrogens is 1. The fourth-order valence-electron chi connectivity index (χ4n) is 1.96. The molecule has 2 heterocycles. The van der Waals surface area contributed by atoms with Crippen LogP contribution < -0.4 is 0 Å². The molecule has 0 aromatic carbocycles. The predicted octanol–water partition coefficient (Wildman–Crippen LogP) is 0.0375. The Balaban J connectivity index is 2.34. The summed E-state index contributed by atoms with van der Waals surface area (Å²) >= 11 is 0. The van der Waals surface area contributed by atoms with Crippen molar-refractivity contribution in [3.05, 3.63) is 12.4 Å². The normalized spacial score (nSPS) is 22.5. The fraction of sp³-hybridized carbons (Fsp3) is 0.556. The van der Waals surface area contributed by atoms with E-state index in [9.17, 15) is 13.2 Å². The Labute approximate surface area is 98.5 Å². The van der Waals surface area contributed by atoms with Gasteiger partial charge < -0.3 is 5.11 Å². The van der Waals surface area contributed by atoms with Crippen LogP contribution in [-0.2, 0) is 14.8 Å². The van der Waals surface area contributed by atoms with Gasteiger partial charge in [-0.25, -0.2) is 8.42 Å². The lowest BCUT2D eigenvalue weighted by atomic mass is 10.1. The number of nitrogens with zero attached hydrogens (tertiary/aromatic N) is 2. The van der Waals surface area contributed by atoms with Gasteiger partial charge in [0.05, 0.1) is 6.20 Å². The Kier molecular flexibility index (Phi) is 3.16. The van der Waals surface area contributed by atoms with Crippen LogP contribution in [0.15, 0.2) is 17.3 Å². The monoisotopic (exact) mass is 259 g/mol. The van der Waals surface area contributed by atoms with Crippen molar-refractivity contribution in [2.45, 2.75) is 30.2 Å². The molecule has 1 aromatic heterocycles. The van der Waals surface area contributed by atoms with Crippen molar-refractivity contribution in [2.75, 3.05) is 6.54 Å². The Hall–Kier alpha value is -1.41. The summed E-state index contributed by atoms with van der Waals surface area (Å²) in [5.74, 6) is -1.10. The van der Waals surface area contributed by atoms with Crippen LogP contribution in [0.4, 0.5) is 0 Å². The summed E-state index contributed by atoms with van der Waals surface area (Å²) in [5.41, 5.74) is 0. The number of rotatable bonds is 3. The largest absolute Gasteiger partial charge is 0.480 e. The Bertz CT molecular complexity index is 496. The second-order valence-electron chi connectivity index (χ2n) is 3.90. The van der Waals surface area contributed by atoms with E-state index in [4.69, 9.17) is 5.11 Å². The highest BCUT2D eigenvalue weighted by Crippen LogP contribution is 2.24. The number of hydrogen-bond acceptors (Lipinski definition) is 4. The first kappa shape index (κ1) is 12.1. The minimum Gasteiger partial charge on any atom is -0.480 e. The van der Waals surface area contributed by atoms with Gasteiger partial charge >= 0.3 is 5.97 Å². The first-order valence-corrected chi connectivity index (χ1v) is 6.71. The van der Waals surface area contributed by atoms with Crippen LogP contribution >= 0.6 is 0 Å². The van der Waals surface area contributed by atoms with Gasteiger partial charge in [-0.3, -0.25) is 9.89 Å². The van der Waals surface area contributed by atoms with Crippen LogP contribution in [0.25, 0.3) is 0 Å². The SMILES string of the molecule is O=C(O)[C@H]1CCCCN1S(=O)(=O)c1cn[nH]c1. The van der Waals surface area contributed by atoms with E-state index in [2.05, 4.69) is 10.2 Å². The second-order valence-corrected chi connectivity index (χ2v) is 5.79. The Morgan fingerprint density at radius 3 is 2.88 bits per heavy atom. The minimum absolute atomic E-state index is 0.00523. The molecule has 1 aromatic rings. The van der Waals surface area contributed by atoms with E-state index in [1.165, 1.54) is 12.4 Å². The van der Waals surface area contributed by atoms with E-state index in [-0.39, 0.29) is 11.4 Å². The topological polar surface area (TPSA) is 103 Å². The number of aromatic nitrogens is 2. The second kappa shape index (κ2) is 4.46. The van der Waals surface area contributed by atoms with Gasteiger partial charge in [0, 0.05) is 12.7 Å². The van der Waals surface area contributed by atoms with E-state index >= 15 is 0 Å². The van der Waals surface area contributed by atoms with E-state index < -0.39 is 22.0 Å². The molecule has 1 atom stereocenters. The summed E-state index contributed by atoms with van der Waals surface area (Å²) in [6, 6.07) is -0.969. The molecule has 2 rings (SSSR count). The van der Waals surface area contributed by atoms with Crippen LogP contribution in [0.3, 0.4) is 0 Å². The number of carbonyl (C=O) groups is 1. The quantitative estimate of drug-likeness (QED) is 0.797. The molecule has 1 aliphatic rings. The third kappa shape index (κ3) is 2.18. The summed E-state index contributed by atoms with van der Waals surface area (Å²) in [6.07, 6.45) is 4.20. The molecule has 7 nitrogen and oxygen atoms in total. The van der Waals surface area contributed by atoms with Crippen molar-refractivity contribution in [1.29, 1.82) is 0 Å². The highest BCUT2D eigenvalue weighted by molar-refractivity contribution is 7.89. The van der Waals surface area contributed by atoms with Gasteiger partial charge in [-0.2, -0.15) is 9.40 Å². The average Bonchev–Trinajstić information content (AvgIpc) is 2.83. The van der Waals surface area contributed by atoms with Crippen LogP contribution in [0.2, 0.25) is 0 Å². The first-order valence-electron chi connectivity index (χ1n) is 5.27. The number of sulfonamides is 1. The highest BCUT2D eigenvalue weighted by Gasteiger charge is 2.37. The highest BCUT2D eigenvalue weighted by atomic mass is 32.2. The summed E-state index contributed by atoms with van der Waals surface area (Å²) in [4.78, 5) is 11.1. The number of aliphatic carboxylic acids is 1. The smallest absolute Gasteiger partial charge is 0.322 e. The summed E-state index contributed by atoms with van der Waals surface area (Å²) in [6.45, 7) is 0.241. The zero-order chi connectivity index (χ0) is 12.5. The minimum atomic E-state index is -3.75. The van der Waals surface area contributed by atoms with Crippen LogP contribution in [-0.4, -0.2) is 46.6 Å². The molecule has 0 unspecified atom stereocenters. The number of carboxylic acids is 1. The first-order chi connectivity index (χ1) is 8.03. The third-order valence-electron chi connectivity index (χ3n) is 2.82. The molecule has 2 N–H and O–H groups in total. The summed E-state index contributed by atoms with van der Waals surface area (Å²) in [7, 11) is -3.75. The van der Waals surface area contributed by atoms with Gasteiger partial charge in [0.1, 0.15) is 10.9 Å². The Morgan fingerprint density at radius 2 is 2.29 bits per heavy atom. The molecular weight excluding hydrogens is 246 g/mol. The molecule has 0 spiro atoms. The van der Waals surface area contributed by atoms with E-state index in [0.29, 0.717) is 12.8 Å². The van der Waals surface area contributed by atoms with Crippen molar-refractivity contribution >= 4 is 16.0 Å². The van der Waals surface area contributed by atoms with Crippen molar-refractivity contribution in [3.8, 4) is 0 Å². The van der Waals surface area contributed by atoms with Gasteiger partial charge in [0.15, 0.2) is 0 Å². The molecule has 0 saturated carbocycles. The molecule has 1 saturated heterocycles. The van der Waals surface area contributed by atoms with Gasteiger partial charge in [-0.05, 0) is 19.3 Å². The van der Waals surface area contributed by atoms with E-state index in [1.54, 1.807) is 0 Å². The molecule has 8 heteroatoms. The molecular formula is C9H13N3O4S. The van der Waals surface area contributed by atoms with Crippen LogP contribution in [0.1, 0.15) is 19.3 Å². The maximum absolute atomic E-state index is 12.2. The van der Waals surface area contributed by atoms with Crippen molar-refractivity contribution in [3.63, 3.8) is 0 Å². The number of aromatic amines is 1. The fourth-order valence-corrected chi connectivity index (χ4v) is 3.51. The van der Waals surface area contributed by atoms with Crippen LogP contribution in [0, 0.1) is 0 Å². The number of hydrogen-bond donors (Lipinski definition) is 2. The molecule has 1 fully saturated rings. The maximum atomic E-state index is 12.2. The molecule has 0 radical (unpaired) electrons. The lowest BCUT2D eigenvalue weighted by molar-refractivity contribution is -0.142. The lowest BCUT2D eigenvalue weighted by Gasteiger charge is -2.31. The Morgan fingerprint density at radius 1 is 1.53 bits per heavy atom. The van der Waals surface area contributed by atoms with Gasteiger partial charge in [0.2, 0.25) is 10.0 Å². The summed E-state index contributed by atoms with van der Waals surface area (Å²) in [5, 5.41) is 15.0. The van der Waals surface area contributed by atoms with Crippen molar-refractivity contribution in [1.82, 2.24) is 14.5 Å². The van der Waals surface area contributed by atoms with Crippen molar-refractivity contribution < 1.29 is 18.3 Å². The summed E-state index contributed by atoms with van der Waals surface area (Å²) < 4.78 is 25.4. The number of carboxylic acid groups (broad SMARTS) is 1. The molecule has 17 heavy (non-hydrogen) atoms. The van der Waals surface area contributed by atoms with Crippen LogP contribution in [0.5, 0.6) is 0 Å².